The zero-order valence-corrected chi connectivity index (χ0v) is 13.9. The van der Waals surface area contributed by atoms with Gasteiger partial charge >= 0.3 is 5.69 Å². The van der Waals surface area contributed by atoms with Crippen LogP contribution in [-0.4, -0.2) is 40.6 Å². The van der Waals surface area contributed by atoms with E-state index in [9.17, 15) is 14.0 Å². The van der Waals surface area contributed by atoms with Gasteiger partial charge in [0.25, 0.3) is 5.56 Å². The van der Waals surface area contributed by atoms with Gasteiger partial charge < -0.3 is 9.47 Å². The van der Waals surface area contributed by atoms with Crippen LogP contribution in [0.3, 0.4) is 0 Å². The quantitative estimate of drug-likeness (QED) is 0.645. The first kappa shape index (κ1) is 19.2. The first-order valence-corrected chi connectivity index (χ1v) is 7.98. The molecule has 2 heterocycles. The zero-order chi connectivity index (χ0) is 16.7. The molecule has 0 bridgehead atoms. The summed E-state index contributed by atoms with van der Waals surface area (Å²) in [7, 11) is 0. The Kier molecular flexibility index (Phi) is 8.09. The Bertz CT molecular complexity index is 578. The minimum Gasteiger partial charge on any atom is -0.379 e. The summed E-state index contributed by atoms with van der Waals surface area (Å²) < 4.78 is 25.2. The van der Waals surface area contributed by atoms with E-state index in [1.165, 1.54) is 6.38 Å². The molecule has 1 saturated heterocycles. The van der Waals surface area contributed by atoms with E-state index in [4.69, 9.17) is 21.1 Å². The fraction of sp³-hybridized carbons (Fsp3) is 0.692. The van der Waals surface area contributed by atoms with Crippen LogP contribution in [0.5, 0.6) is 0 Å². The van der Waals surface area contributed by atoms with Gasteiger partial charge in [-0.3, -0.25) is 14.3 Å². The van der Waals surface area contributed by atoms with Gasteiger partial charge in [0.05, 0.1) is 24.3 Å². The summed E-state index contributed by atoms with van der Waals surface area (Å²) in [5, 5.41) is -0.492. The Morgan fingerprint density at radius 3 is 2.82 bits per heavy atom. The van der Waals surface area contributed by atoms with Crippen molar-refractivity contribution in [1.29, 1.82) is 0 Å². The van der Waals surface area contributed by atoms with Gasteiger partial charge in [-0.15, -0.1) is 23.2 Å². The molecule has 1 aliphatic rings. The maximum absolute atomic E-state index is 13.3. The van der Waals surface area contributed by atoms with Crippen LogP contribution in [0.15, 0.2) is 15.8 Å². The number of alkyl halides is 2. The van der Waals surface area contributed by atoms with Crippen molar-refractivity contribution in [2.24, 2.45) is 0 Å². The molecular formula is C13H19Cl2FN2O4. The second kappa shape index (κ2) is 9.29. The van der Waals surface area contributed by atoms with E-state index in [2.05, 4.69) is 11.6 Å². The molecule has 1 aromatic rings. The maximum Gasteiger partial charge on any atom is 0.330 e. The molecule has 0 aliphatic carbocycles. The molecule has 126 valence electrons. The molecule has 0 amide bonds. The second-order valence-electron chi connectivity index (χ2n) is 4.62. The maximum atomic E-state index is 13.3. The van der Waals surface area contributed by atoms with E-state index >= 15 is 0 Å². The summed E-state index contributed by atoms with van der Waals surface area (Å²) in [5.41, 5.74) is -1.81. The van der Waals surface area contributed by atoms with Gasteiger partial charge in [-0.1, -0.05) is 6.92 Å². The van der Waals surface area contributed by atoms with Crippen molar-refractivity contribution in [3.63, 3.8) is 0 Å². The third-order valence-corrected chi connectivity index (χ3v) is 3.37. The second-order valence-corrected chi connectivity index (χ2v) is 5.18. The van der Waals surface area contributed by atoms with Crippen LogP contribution in [-0.2, 0) is 9.47 Å². The Labute approximate surface area is 137 Å². The molecule has 3 unspecified atom stereocenters. The zero-order valence-electron chi connectivity index (χ0n) is 12.4. The molecular weight excluding hydrogens is 338 g/mol. The van der Waals surface area contributed by atoms with Gasteiger partial charge in [-0.2, -0.15) is 4.39 Å². The molecule has 1 aromatic heterocycles. The summed E-state index contributed by atoms with van der Waals surface area (Å²) in [4.78, 5) is 24.5. The van der Waals surface area contributed by atoms with Crippen molar-refractivity contribution in [3.8, 4) is 0 Å². The summed E-state index contributed by atoms with van der Waals surface area (Å²) in [6, 6.07) is 0. The van der Waals surface area contributed by atoms with Gasteiger partial charge in [0, 0.05) is 13.0 Å². The molecule has 1 aliphatic heterocycles. The van der Waals surface area contributed by atoms with Gasteiger partial charge in [0.2, 0.25) is 5.82 Å². The minimum absolute atomic E-state index is 0.254. The van der Waals surface area contributed by atoms with Crippen molar-refractivity contribution in [2.75, 3.05) is 19.6 Å². The number of halogens is 3. The molecule has 0 saturated carbocycles. The lowest BCUT2D eigenvalue weighted by atomic mass is 10.2. The predicted molar refractivity (Wildman–Crippen MR) is 82.3 cm³/mol. The van der Waals surface area contributed by atoms with Crippen LogP contribution in [0, 0.1) is 5.82 Å². The Hall–Kier alpha value is -0.890. The van der Waals surface area contributed by atoms with Crippen LogP contribution in [0.25, 0.3) is 0 Å². The molecule has 1 N–H and O–H groups in total. The highest BCUT2D eigenvalue weighted by Crippen LogP contribution is 2.32. The Morgan fingerprint density at radius 1 is 1.50 bits per heavy atom. The predicted octanol–water partition coefficient (Wildman–Crippen LogP) is 1.85. The molecule has 0 aromatic carbocycles. The number of aromatic nitrogens is 2. The monoisotopic (exact) mass is 356 g/mol. The lowest BCUT2D eigenvalue weighted by Gasteiger charge is -2.17. The highest BCUT2D eigenvalue weighted by molar-refractivity contribution is 6.21. The lowest BCUT2D eigenvalue weighted by molar-refractivity contribution is -0.0424. The van der Waals surface area contributed by atoms with Crippen molar-refractivity contribution in [1.82, 2.24) is 9.55 Å². The topological polar surface area (TPSA) is 73.3 Å². The number of nitrogens with zero attached hydrogens (tertiary/aromatic N) is 1. The highest BCUT2D eigenvalue weighted by atomic mass is 35.5. The Morgan fingerprint density at radius 2 is 2.18 bits per heavy atom. The smallest absolute Gasteiger partial charge is 0.330 e. The van der Waals surface area contributed by atoms with E-state index in [1.54, 1.807) is 0 Å². The molecule has 9 heteroatoms. The van der Waals surface area contributed by atoms with Crippen LogP contribution in [0.4, 0.5) is 4.39 Å². The van der Waals surface area contributed by atoms with E-state index in [0.717, 1.165) is 17.2 Å². The molecule has 2 rings (SSSR count). The molecule has 0 spiro atoms. The number of ether oxygens (including phenoxy) is 2. The third kappa shape index (κ3) is 4.81. The number of rotatable bonds is 5. The number of hydrogen-bond acceptors (Lipinski definition) is 4. The van der Waals surface area contributed by atoms with Gasteiger partial charge in [-0.05, 0) is 12.8 Å². The van der Waals surface area contributed by atoms with Crippen molar-refractivity contribution < 1.29 is 13.9 Å². The normalized spacial score (nSPS) is 24.0. The fourth-order valence-corrected chi connectivity index (χ4v) is 2.44. The van der Waals surface area contributed by atoms with E-state index < -0.39 is 28.7 Å². The van der Waals surface area contributed by atoms with E-state index in [-0.39, 0.29) is 6.10 Å². The lowest BCUT2D eigenvalue weighted by Crippen LogP contribution is -2.35. The highest BCUT2D eigenvalue weighted by Gasteiger charge is 2.36. The fourth-order valence-electron chi connectivity index (χ4n) is 2.06. The van der Waals surface area contributed by atoms with Crippen molar-refractivity contribution in [2.45, 2.75) is 37.5 Å². The summed E-state index contributed by atoms with van der Waals surface area (Å²) in [6.45, 7) is 2.98. The van der Waals surface area contributed by atoms with Crippen LogP contribution in [0.2, 0.25) is 0 Å². The average Bonchev–Trinajstić information content (AvgIpc) is 2.86. The average molecular weight is 357 g/mol. The first-order valence-electron chi connectivity index (χ1n) is 6.79. The van der Waals surface area contributed by atoms with Crippen molar-refractivity contribution >= 4 is 23.2 Å². The van der Waals surface area contributed by atoms with Crippen LogP contribution in [0.1, 0.15) is 26.0 Å². The number of H-pyrrole nitrogens is 1. The van der Waals surface area contributed by atoms with Crippen molar-refractivity contribution in [3.05, 3.63) is 32.9 Å². The standard InChI is InChI=1S/C12H16ClFN2O4.CH3Cl/c1-2-3-19-6-7-4-8(13)11(20-7)16-5-9(14)10(17)15-12(16)18;1-2/h5,7-8,11H,2-4,6H2,1H3,(H,15,17,18);1H3. The van der Waals surface area contributed by atoms with E-state index in [1.807, 2.05) is 11.9 Å². The molecule has 1 fully saturated rings. The number of aromatic amines is 1. The number of nitrogens with one attached hydrogen (secondary N) is 1. The molecule has 6 nitrogen and oxygen atoms in total. The first-order chi connectivity index (χ1) is 10.5. The molecule has 22 heavy (non-hydrogen) atoms. The van der Waals surface area contributed by atoms with Gasteiger partial charge in [0.1, 0.15) is 0 Å². The molecule has 0 radical (unpaired) electrons. The summed E-state index contributed by atoms with van der Waals surface area (Å²) in [6.07, 6.45) is 2.60. The third-order valence-electron chi connectivity index (χ3n) is 2.98. The SMILES string of the molecule is CCCOCC1CC(Cl)C(n2cc(F)c(=O)[nH]c2=O)O1.CCl. The van der Waals surface area contributed by atoms with Crippen LogP contribution >= 0.6 is 23.2 Å². The van der Waals surface area contributed by atoms with Gasteiger partial charge in [-0.25, -0.2) is 4.79 Å². The minimum atomic E-state index is -1.06. The Balaban J connectivity index is 0.00000116. The largest absolute Gasteiger partial charge is 0.379 e. The van der Waals surface area contributed by atoms with E-state index in [0.29, 0.717) is 19.6 Å². The molecule has 3 atom stereocenters. The number of hydrogen-bond donors (Lipinski definition) is 1. The summed E-state index contributed by atoms with van der Waals surface area (Å²) in [5.74, 6) is -1.05. The van der Waals surface area contributed by atoms with Crippen LogP contribution < -0.4 is 11.2 Å². The van der Waals surface area contributed by atoms with Gasteiger partial charge in [0.15, 0.2) is 6.23 Å². The summed E-state index contributed by atoms with van der Waals surface area (Å²) >= 11 is 10.8.